The number of carbonyl (C=O) groups is 1. The highest BCUT2D eigenvalue weighted by molar-refractivity contribution is 7.90. The van der Waals surface area contributed by atoms with Gasteiger partial charge in [-0.2, -0.15) is 0 Å². The summed E-state index contributed by atoms with van der Waals surface area (Å²) in [5.41, 5.74) is 0.350. The molecule has 1 aromatic carbocycles. The molecule has 14 heteroatoms. The average molecular weight is 673 g/mol. The van der Waals surface area contributed by atoms with Gasteiger partial charge in [-0.3, -0.25) is 4.79 Å². The molecule has 5 heterocycles. The van der Waals surface area contributed by atoms with Crippen molar-refractivity contribution in [1.29, 1.82) is 0 Å². The maximum Gasteiger partial charge on any atom is 0.258 e. The molecule has 1 aromatic heterocycles. The molecule has 5 fully saturated rings. The van der Waals surface area contributed by atoms with Crippen molar-refractivity contribution >= 4 is 21.7 Å². The van der Waals surface area contributed by atoms with Gasteiger partial charge in [0.15, 0.2) is 11.6 Å². The monoisotopic (exact) mass is 672 g/mol. The van der Waals surface area contributed by atoms with Crippen molar-refractivity contribution in [2.45, 2.75) is 81.9 Å². The largest absolute Gasteiger partial charge is 0.451 e. The molecule has 1 saturated carbocycles. The first-order valence-corrected chi connectivity index (χ1v) is 18.4. The normalized spacial score (nSPS) is 25.0. The Labute approximate surface area is 276 Å². The minimum atomic E-state index is -3.19. The zero-order valence-corrected chi connectivity index (χ0v) is 28.0. The van der Waals surface area contributed by atoms with E-state index in [1.54, 1.807) is 11.1 Å². The van der Waals surface area contributed by atoms with Gasteiger partial charge in [0.1, 0.15) is 17.9 Å². The van der Waals surface area contributed by atoms with Gasteiger partial charge in [-0.1, -0.05) is 0 Å². The molecule has 0 radical (unpaired) electrons. The average Bonchev–Trinajstić information content (AvgIpc) is 3.87. The topological polar surface area (TPSA) is 126 Å². The van der Waals surface area contributed by atoms with Crippen LogP contribution in [-0.2, 0) is 19.5 Å². The Hall–Kier alpha value is -2.91. The molecule has 1 aliphatic carbocycles. The third-order valence-corrected chi connectivity index (χ3v) is 12.3. The minimum Gasteiger partial charge on any atom is -0.451 e. The lowest BCUT2D eigenvalue weighted by molar-refractivity contribution is -0.0623. The Balaban J connectivity index is 0.932. The van der Waals surface area contributed by atoms with E-state index in [1.165, 1.54) is 24.5 Å². The van der Waals surface area contributed by atoms with Crippen molar-refractivity contribution in [3.8, 4) is 11.5 Å². The van der Waals surface area contributed by atoms with Crippen LogP contribution in [0.4, 0.5) is 10.2 Å². The third kappa shape index (κ3) is 7.12. The summed E-state index contributed by atoms with van der Waals surface area (Å²) in [6.07, 6.45) is 8.54. The molecule has 4 aliphatic heterocycles. The lowest BCUT2D eigenvalue weighted by Crippen LogP contribution is -2.61. The molecule has 1 spiro atoms. The van der Waals surface area contributed by atoms with Crippen LogP contribution < -0.4 is 14.4 Å². The maximum absolute atomic E-state index is 14.4. The highest BCUT2D eigenvalue weighted by Crippen LogP contribution is 2.45. The van der Waals surface area contributed by atoms with Crippen LogP contribution in [0.25, 0.3) is 0 Å². The number of amides is 1. The number of hydrogen-bond donors (Lipinski definition) is 1. The highest BCUT2D eigenvalue weighted by atomic mass is 32.2. The van der Waals surface area contributed by atoms with Gasteiger partial charge in [0.05, 0.1) is 49.0 Å². The Morgan fingerprint density at radius 1 is 1.13 bits per heavy atom. The Morgan fingerprint density at radius 3 is 2.53 bits per heavy atom. The standard InChI is InChI=1S/C33H45FN6O6S/c1-22(2)40(25-17-44-18-25)32(41)28-13-23(34)3-8-29(28)46-30-14-35-21-36-31(30)39-19-33(20-39)9-11-38(12-10-33)15-26-5-4-24(16-45-26)37-47(42,43)27-6-7-27/h3,8,13-14,21-22,24-27,37H,4-7,9-12,15-20H2,1-2H3/t24-,26+/m1/s1. The van der Waals surface area contributed by atoms with Crippen molar-refractivity contribution in [3.05, 3.63) is 42.1 Å². The zero-order chi connectivity index (χ0) is 32.8. The van der Waals surface area contributed by atoms with Gasteiger partial charge < -0.3 is 28.9 Å². The Bertz CT molecular complexity index is 1550. The second kappa shape index (κ2) is 13.2. The number of likely N-dealkylation sites (tertiary alicyclic amines) is 1. The molecule has 47 heavy (non-hydrogen) atoms. The van der Waals surface area contributed by atoms with Crippen LogP contribution in [0.15, 0.2) is 30.7 Å². The summed E-state index contributed by atoms with van der Waals surface area (Å²) < 4.78 is 59.5. The van der Waals surface area contributed by atoms with Crippen molar-refractivity contribution in [2.75, 3.05) is 57.4 Å². The zero-order valence-electron chi connectivity index (χ0n) is 27.1. The SMILES string of the molecule is CC(C)N(C(=O)c1cc(F)ccc1Oc1cncnc1N1CC2(CCN(C[C@@H]3CC[C@@H](NS(=O)(=O)C4CC4)CO3)CC2)C1)C1COC1. The minimum absolute atomic E-state index is 0.0551. The molecule has 12 nitrogen and oxygen atoms in total. The first-order valence-electron chi connectivity index (χ1n) is 16.9. The molecule has 5 aliphatic rings. The molecule has 1 N–H and O–H groups in total. The molecule has 0 unspecified atom stereocenters. The van der Waals surface area contributed by atoms with Gasteiger partial charge in [-0.15, -0.1) is 0 Å². The van der Waals surface area contributed by atoms with E-state index in [1.807, 2.05) is 13.8 Å². The molecular formula is C33H45FN6O6S. The van der Waals surface area contributed by atoms with E-state index in [0.29, 0.717) is 31.4 Å². The number of aromatic nitrogens is 2. The lowest BCUT2D eigenvalue weighted by atomic mass is 9.72. The van der Waals surface area contributed by atoms with Crippen molar-refractivity contribution < 1.29 is 31.8 Å². The fourth-order valence-corrected chi connectivity index (χ4v) is 8.92. The number of piperidine rings is 1. The van der Waals surface area contributed by atoms with Gasteiger partial charge in [0, 0.05) is 37.1 Å². The fourth-order valence-electron chi connectivity index (χ4n) is 7.32. The smallest absolute Gasteiger partial charge is 0.258 e. The van der Waals surface area contributed by atoms with Gasteiger partial charge in [-0.25, -0.2) is 27.5 Å². The van der Waals surface area contributed by atoms with Crippen molar-refractivity contribution in [2.24, 2.45) is 5.41 Å². The van der Waals surface area contributed by atoms with E-state index < -0.39 is 15.8 Å². The highest BCUT2D eigenvalue weighted by Gasteiger charge is 2.46. The van der Waals surface area contributed by atoms with E-state index in [-0.39, 0.29) is 52.1 Å². The van der Waals surface area contributed by atoms with Crippen LogP contribution in [0.5, 0.6) is 11.5 Å². The Kier molecular flexibility index (Phi) is 9.15. The molecule has 256 valence electrons. The summed E-state index contributed by atoms with van der Waals surface area (Å²) in [7, 11) is -3.19. The summed E-state index contributed by atoms with van der Waals surface area (Å²) >= 11 is 0. The van der Waals surface area contributed by atoms with Crippen LogP contribution in [0.2, 0.25) is 0 Å². The molecule has 4 saturated heterocycles. The molecular weight excluding hydrogens is 627 g/mol. The molecule has 7 rings (SSSR count). The summed E-state index contributed by atoms with van der Waals surface area (Å²) in [6, 6.07) is 3.75. The number of nitrogens with zero attached hydrogens (tertiary/aromatic N) is 5. The predicted molar refractivity (Wildman–Crippen MR) is 173 cm³/mol. The summed E-state index contributed by atoms with van der Waals surface area (Å²) in [5, 5.41) is -0.205. The van der Waals surface area contributed by atoms with Crippen LogP contribution in [0.1, 0.15) is 62.7 Å². The quantitative estimate of drug-likeness (QED) is 0.381. The number of sulfonamides is 1. The summed E-state index contributed by atoms with van der Waals surface area (Å²) in [4.78, 5) is 28.8. The second-order valence-corrected chi connectivity index (χ2v) is 16.2. The molecule has 1 amide bonds. The first kappa shape index (κ1) is 32.6. The summed E-state index contributed by atoms with van der Waals surface area (Å²) in [5.74, 6) is 0.540. The number of rotatable bonds is 11. The predicted octanol–water partition coefficient (Wildman–Crippen LogP) is 3.19. The molecule has 2 aromatic rings. The maximum atomic E-state index is 14.4. The number of halogens is 1. The van der Waals surface area contributed by atoms with E-state index >= 15 is 0 Å². The van der Waals surface area contributed by atoms with Crippen molar-refractivity contribution in [1.82, 2.24) is 24.5 Å². The third-order valence-electron chi connectivity index (χ3n) is 10.3. The van der Waals surface area contributed by atoms with Gasteiger partial charge in [0.25, 0.3) is 5.91 Å². The number of ether oxygens (including phenoxy) is 3. The van der Waals surface area contributed by atoms with E-state index in [4.69, 9.17) is 14.2 Å². The molecule has 0 bridgehead atoms. The fraction of sp³-hybridized carbons (Fsp3) is 0.667. The molecule has 2 atom stereocenters. The number of benzene rings is 1. The Morgan fingerprint density at radius 2 is 1.89 bits per heavy atom. The van der Waals surface area contributed by atoms with E-state index in [0.717, 1.165) is 71.2 Å². The van der Waals surface area contributed by atoms with Crippen LogP contribution in [-0.4, -0.2) is 116 Å². The van der Waals surface area contributed by atoms with Crippen LogP contribution >= 0.6 is 0 Å². The first-order chi connectivity index (χ1) is 22.6. The van der Waals surface area contributed by atoms with Gasteiger partial charge in [0.2, 0.25) is 10.0 Å². The second-order valence-electron chi connectivity index (χ2n) is 14.2. The number of nitrogens with one attached hydrogen (secondary N) is 1. The number of hydrogen-bond acceptors (Lipinski definition) is 10. The van der Waals surface area contributed by atoms with Crippen LogP contribution in [0, 0.1) is 11.2 Å². The van der Waals surface area contributed by atoms with Crippen LogP contribution in [0.3, 0.4) is 0 Å². The van der Waals surface area contributed by atoms with E-state index in [2.05, 4.69) is 24.5 Å². The number of anilines is 1. The summed E-state index contributed by atoms with van der Waals surface area (Å²) in [6.45, 7) is 9.75. The lowest BCUT2D eigenvalue weighted by Gasteiger charge is -2.54. The number of carbonyl (C=O) groups excluding carboxylic acids is 1. The van der Waals surface area contributed by atoms with Gasteiger partial charge in [-0.05, 0) is 83.7 Å². The van der Waals surface area contributed by atoms with Crippen molar-refractivity contribution in [3.63, 3.8) is 0 Å². The van der Waals surface area contributed by atoms with Gasteiger partial charge >= 0.3 is 0 Å². The van der Waals surface area contributed by atoms with E-state index in [9.17, 15) is 17.6 Å².